The molecular formula is C23H23NO6S. The average Bonchev–Trinajstić information content (AvgIpc) is 3.38. The van der Waals surface area contributed by atoms with E-state index >= 15 is 0 Å². The number of hydrogen-bond donors (Lipinski definition) is 1. The van der Waals surface area contributed by atoms with Crippen LogP contribution < -0.4 is 0 Å². The van der Waals surface area contributed by atoms with Gasteiger partial charge in [-0.05, 0) is 28.7 Å². The highest BCUT2D eigenvalue weighted by atomic mass is 32.2. The highest BCUT2D eigenvalue weighted by molar-refractivity contribution is 7.91. The van der Waals surface area contributed by atoms with Crippen LogP contribution in [0.15, 0.2) is 48.5 Å². The molecule has 2 fully saturated rings. The molecule has 2 heterocycles. The molecule has 2 aromatic rings. The summed E-state index contributed by atoms with van der Waals surface area (Å²) in [6.07, 6.45) is -0.325. The Bertz CT molecular complexity index is 1130. The number of likely N-dealkylation sites (tertiary alicyclic amines) is 1. The lowest BCUT2D eigenvalue weighted by Gasteiger charge is -2.25. The predicted octanol–water partition coefficient (Wildman–Crippen LogP) is 2.76. The minimum atomic E-state index is -3.29. The summed E-state index contributed by atoms with van der Waals surface area (Å²) in [7, 11) is -3.29. The Morgan fingerprint density at radius 2 is 1.68 bits per heavy atom. The summed E-state index contributed by atoms with van der Waals surface area (Å²) < 4.78 is 29.7. The van der Waals surface area contributed by atoms with Crippen molar-refractivity contribution >= 4 is 21.9 Å². The Morgan fingerprint density at radius 3 is 2.23 bits per heavy atom. The van der Waals surface area contributed by atoms with E-state index in [0.717, 1.165) is 22.3 Å². The minimum absolute atomic E-state index is 0.0263. The number of carbonyl (C=O) groups is 2. The van der Waals surface area contributed by atoms with Crippen LogP contribution in [0.5, 0.6) is 0 Å². The van der Waals surface area contributed by atoms with E-state index in [4.69, 9.17) is 4.74 Å². The maximum atomic E-state index is 12.9. The van der Waals surface area contributed by atoms with Crippen molar-refractivity contribution in [3.05, 3.63) is 59.7 Å². The number of sulfone groups is 1. The number of benzene rings is 2. The Labute approximate surface area is 180 Å². The van der Waals surface area contributed by atoms with Gasteiger partial charge in [0.1, 0.15) is 6.61 Å². The molecule has 2 saturated heterocycles. The van der Waals surface area contributed by atoms with Crippen LogP contribution >= 0.6 is 0 Å². The van der Waals surface area contributed by atoms with Gasteiger partial charge in [-0.15, -0.1) is 0 Å². The molecule has 2 aliphatic heterocycles. The number of carbonyl (C=O) groups excluding carboxylic acids is 1. The fraction of sp³-hybridized carbons (Fsp3) is 0.391. The molecule has 1 amide bonds. The molecule has 0 saturated carbocycles. The molecule has 1 N–H and O–H groups in total. The van der Waals surface area contributed by atoms with E-state index < -0.39 is 33.2 Å². The van der Waals surface area contributed by atoms with Gasteiger partial charge in [0.25, 0.3) is 0 Å². The van der Waals surface area contributed by atoms with Crippen LogP contribution in [0.2, 0.25) is 0 Å². The number of aliphatic carboxylic acids is 1. The third-order valence-corrected chi connectivity index (χ3v) is 8.80. The summed E-state index contributed by atoms with van der Waals surface area (Å²) in [6.45, 7) is 0.216. The zero-order valence-electron chi connectivity index (χ0n) is 16.9. The normalized spacial score (nSPS) is 26.1. The number of carboxylic acid groups (broad SMARTS) is 1. The van der Waals surface area contributed by atoms with Gasteiger partial charge in [0.15, 0.2) is 9.84 Å². The minimum Gasteiger partial charge on any atom is -0.481 e. The maximum absolute atomic E-state index is 12.9. The zero-order valence-corrected chi connectivity index (χ0v) is 17.7. The summed E-state index contributed by atoms with van der Waals surface area (Å²) in [6, 6.07) is 16.1. The van der Waals surface area contributed by atoms with E-state index in [0.29, 0.717) is 0 Å². The molecule has 2 atom stereocenters. The first-order valence-corrected chi connectivity index (χ1v) is 12.1. The van der Waals surface area contributed by atoms with Crippen molar-refractivity contribution in [2.45, 2.75) is 12.3 Å². The molecule has 7 nitrogen and oxygen atoms in total. The molecule has 31 heavy (non-hydrogen) atoms. The van der Waals surface area contributed by atoms with E-state index in [1.165, 1.54) is 4.90 Å². The maximum Gasteiger partial charge on any atom is 0.409 e. The molecule has 0 radical (unpaired) electrons. The molecule has 5 rings (SSSR count). The number of carboxylic acids is 1. The van der Waals surface area contributed by atoms with Crippen molar-refractivity contribution in [2.24, 2.45) is 11.3 Å². The van der Waals surface area contributed by atoms with Crippen LogP contribution in [0.25, 0.3) is 11.1 Å². The van der Waals surface area contributed by atoms with E-state index in [-0.39, 0.29) is 43.5 Å². The summed E-state index contributed by atoms with van der Waals surface area (Å²) in [5.74, 6) is -2.27. The molecule has 1 spiro atoms. The summed E-state index contributed by atoms with van der Waals surface area (Å²) in [4.78, 5) is 26.0. The zero-order chi connectivity index (χ0) is 21.8. The van der Waals surface area contributed by atoms with Crippen molar-refractivity contribution < 1.29 is 27.9 Å². The highest BCUT2D eigenvalue weighted by Gasteiger charge is 2.57. The lowest BCUT2D eigenvalue weighted by atomic mass is 9.78. The number of ether oxygens (including phenoxy) is 1. The fourth-order valence-corrected chi connectivity index (χ4v) is 7.65. The smallest absolute Gasteiger partial charge is 0.409 e. The number of nitrogens with zero attached hydrogens (tertiary/aromatic N) is 1. The SMILES string of the molecule is O=C(O)C1CN(C(=O)OCC2c3ccccc3-c3ccccc32)CC12CCS(=O)(=O)C2. The van der Waals surface area contributed by atoms with Gasteiger partial charge in [0.05, 0.1) is 17.4 Å². The van der Waals surface area contributed by atoms with Gasteiger partial charge in [-0.3, -0.25) is 4.79 Å². The number of rotatable bonds is 3. The molecule has 0 aromatic heterocycles. The first kappa shape index (κ1) is 20.1. The van der Waals surface area contributed by atoms with Gasteiger partial charge in [-0.1, -0.05) is 48.5 Å². The molecule has 0 bridgehead atoms. The van der Waals surface area contributed by atoms with Crippen LogP contribution in [0.4, 0.5) is 4.79 Å². The van der Waals surface area contributed by atoms with Crippen molar-refractivity contribution in [3.63, 3.8) is 0 Å². The van der Waals surface area contributed by atoms with Gasteiger partial charge < -0.3 is 14.7 Å². The third-order valence-electron chi connectivity index (χ3n) is 6.96. The third kappa shape index (κ3) is 3.29. The van der Waals surface area contributed by atoms with Crippen molar-refractivity contribution in [1.82, 2.24) is 4.90 Å². The molecule has 3 aliphatic rings. The Balaban J connectivity index is 1.33. The quantitative estimate of drug-likeness (QED) is 0.786. The Morgan fingerprint density at radius 1 is 1.06 bits per heavy atom. The molecule has 1 aliphatic carbocycles. The van der Waals surface area contributed by atoms with Gasteiger partial charge >= 0.3 is 12.1 Å². The molecule has 162 valence electrons. The van der Waals surface area contributed by atoms with Crippen LogP contribution in [0, 0.1) is 11.3 Å². The van der Waals surface area contributed by atoms with Crippen LogP contribution in [-0.2, 0) is 19.4 Å². The number of amides is 1. The second-order valence-corrected chi connectivity index (χ2v) is 11.0. The summed E-state index contributed by atoms with van der Waals surface area (Å²) in [5.41, 5.74) is 3.53. The fourth-order valence-electron chi connectivity index (χ4n) is 5.47. The van der Waals surface area contributed by atoms with Gasteiger partial charge in [-0.2, -0.15) is 0 Å². The first-order chi connectivity index (χ1) is 14.8. The predicted molar refractivity (Wildman–Crippen MR) is 113 cm³/mol. The van der Waals surface area contributed by atoms with E-state index in [1.54, 1.807) is 0 Å². The Hall–Kier alpha value is -2.87. The lowest BCUT2D eigenvalue weighted by Crippen LogP contribution is -2.36. The van der Waals surface area contributed by atoms with Crippen molar-refractivity contribution in [1.29, 1.82) is 0 Å². The van der Waals surface area contributed by atoms with E-state index in [1.807, 2.05) is 36.4 Å². The first-order valence-electron chi connectivity index (χ1n) is 10.3. The Kier molecular flexibility index (Phi) is 4.58. The van der Waals surface area contributed by atoms with Crippen LogP contribution in [0.3, 0.4) is 0 Å². The largest absolute Gasteiger partial charge is 0.481 e. The van der Waals surface area contributed by atoms with Crippen LogP contribution in [-0.4, -0.2) is 61.7 Å². The highest BCUT2D eigenvalue weighted by Crippen LogP contribution is 2.46. The molecular weight excluding hydrogens is 418 g/mol. The summed E-state index contributed by atoms with van der Waals surface area (Å²) >= 11 is 0. The van der Waals surface area contributed by atoms with Crippen molar-refractivity contribution in [3.8, 4) is 11.1 Å². The van der Waals surface area contributed by atoms with Gasteiger partial charge in [-0.25, -0.2) is 13.2 Å². The second-order valence-electron chi connectivity index (χ2n) is 8.78. The average molecular weight is 442 g/mol. The van der Waals surface area contributed by atoms with Gasteiger partial charge in [0, 0.05) is 24.4 Å². The van der Waals surface area contributed by atoms with Crippen molar-refractivity contribution in [2.75, 3.05) is 31.2 Å². The van der Waals surface area contributed by atoms with Crippen LogP contribution in [0.1, 0.15) is 23.5 Å². The summed E-state index contributed by atoms with van der Waals surface area (Å²) in [5, 5.41) is 9.66. The topological polar surface area (TPSA) is 101 Å². The number of fused-ring (bicyclic) bond motifs is 3. The standard InChI is InChI=1S/C23H23NO6S/c25-21(26)20-11-24(13-23(20)9-10-31(28,29)14-23)22(27)30-12-19-17-7-3-1-5-15(17)16-6-2-4-8-18(16)19/h1-8,19-20H,9-14H2,(H,25,26). The second kappa shape index (κ2) is 7.09. The monoisotopic (exact) mass is 441 g/mol. The van der Waals surface area contributed by atoms with Gasteiger partial charge in [0.2, 0.25) is 0 Å². The van der Waals surface area contributed by atoms with E-state index in [9.17, 15) is 23.1 Å². The molecule has 2 unspecified atom stereocenters. The molecule has 8 heteroatoms. The number of hydrogen-bond acceptors (Lipinski definition) is 5. The van der Waals surface area contributed by atoms with E-state index in [2.05, 4.69) is 12.1 Å². The lowest BCUT2D eigenvalue weighted by molar-refractivity contribution is -0.144. The molecule has 2 aromatic carbocycles.